The van der Waals surface area contributed by atoms with Gasteiger partial charge < -0.3 is 9.80 Å². The number of piperazine rings is 1. The van der Waals surface area contributed by atoms with Crippen LogP contribution < -0.4 is 4.90 Å². The minimum atomic E-state index is -0.234. The second kappa shape index (κ2) is 9.49. The van der Waals surface area contributed by atoms with Crippen LogP contribution in [0.25, 0.3) is 16.8 Å². The molecule has 0 N–H and O–H groups in total. The van der Waals surface area contributed by atoms with E-state index in [-0.39, 0.29) is 11.7 Å². The van der Waals surface area contributed by atoms with Crippen molar-refractivity contribution in [2.45, 2.75) is 33.6 Å². The molecule has 0 spiro atoms. The Balaban J connectivity index is 1.28. The second-order valence-corrected chi connectivity index (χ2v) is 9.17. The largest absolute Gasteiger partial charge is 0.368 e. The lowest BCUT2D eigenvalue weighted by molar-refractivity contribution is -0.131. The molecule has 35 heavy (non-hydrogen) atoms. The lowest BCUT2D eigenvalue weighted by atomic mass is 10.0. The minimum Gasteiger partial charge on any atom is -0.368 e. The van der Waals surface area contributed by atoms with E-state index in [1.165, 1.54) is 12.1 Å². The number of rotatable bonds is 5. The van der Waals surface area contributed by atoms with Gasteiger partial charge >= 0.3 is 0 Å². The van der Waals surface area contributed by atoms with Gasteiger partial charge in [-0.1, -0.05) is 30.3 Å². The van der Waals surface area contributed by atoms with Crippen LogP contribution in [-0.4, -0.2) is 51.6 Å². The second-order valence-electron chi connectivity index (χ2n) is 9.17. The summed E-state index contributed by atoms with van der Waals surface area (Å²) in [6.45, 7) is 8.93. The van der Waals surface area contributed by atoms with Crippen LogP contribution in [0.15, 0.2) is 54.6 Å². The molecule has 1 saturated heterocycles. The Morgan fingerprint density at radius 3 is 2.29 bits per heavy atom. The van der Waals surface area contributed by atoms with Crippen molar-refractivity contribution in [3.63, 3.8) is 0 Å². The average Bonchev–Trinajstić information content (AvgIpc) is 3.20. The molecule has 0 unspecified atom stereocenters. The van der Waals surface area contributed by atoms with Gasteiger partial charge in [-0.25, -0.2) is 13.9 Å². The summed E-state index contributed by atoms with van der Waals surface area (Å²) in [5.41, 5.74) is 8.01. The van der Waals surface area contributed by atoms with Gasteiger partial charge in [0.05, 0.1) is 5.69 Å². The standard InChI is InChI=1S/C28H30FN5O/c1-19-25(21(3)34-28(30-19)27(20(2)31-34)22-7-5-4-6-8-22)13-14-26(35)33-17-15-32(16-18-33)24-11-9-23(29)10-12-24/h4-12H,13-18H2,1-3H3. The predicted molar refractivity (Wildman–Crippen MR) is 136 cm³/mol. The first-order valence-corrected chi connectivity index (χ1v) is 12.1. The van der Waals surface area contributed by atoms with Gasteiger partial charge in [0, 0.05) is 55.2 Å². The summed E-state index contributed by atoms with van der Waals surface area (Å²) in [6.07, 6.45) is 1.08. The molecule has 0 saturated carbocycles. The zero-order valence-corrected chi connectivity index (χ0v) is 20.5. The molecule has 2 aromatic heterocycles. The highest BCUT2D eigenvalue weighted by Gasteiger charge is 2.23. The monoisotopic (exact) mass is 471 g/mol. The normalized spacial score (nSPS) is 14.1. The first kappa shape index (κ1) is 23.0. The fourth-order valence-electron chi connectivity index (χ4n) is 5.03. The van der Waals surface area contributed by atoms with E-state index in [2.05, 4.69) is 24.0 Å². The Bertz CT molecular complexity index is 1360. The lowest BCUT2D eigenvalue weighted by Gasteiger charge is -2.36. The molecule has 1 aliphatic heterocycles. The molecule has 2 aromatic carbocycles. The third-order valence-corrected chi connectivity index (χ3v) is 6.98. The molecule has 3 heterocycles. The number of aryl methyl sites for hydroxylation is 3. The summed E-state index contributed by atoms with van der Waals surface area (Å²) >= 11 is 0. The molecule has 6 nitrogen and oxygen atoms in total. The molecule has 1 amide bonds. The van der Waals surface area contributed by atoms with Crippen molar-refractivity contribution in [3.8, 4) is 11.1 Å². The van der Waals surface area contributed by atoms with E-state index in [4.69, 9.17) is 10.1 Å². The van der Waals surface area contributed by atoms with E-state index < -0.39 is 0 Å². The number of fused-ring (bicyclic) bond motifs is 1. The van der Waals surface area contributed by atoms with Gasteiger partial charge in [0.15, 0.2) is 5.65 Å². The molecule has 0 radical (unpaired) electrons. The maximum absolute atomic E-state index is 13.2. The van der Waals surface area contributed by atoms with Crippen LogP contribution in [0.2, 0.25) is 0 Å². The van der Waals surface area contributed by atoms with Crippen LogP contribution in [0.5, 0.6) is 0 Å². The molecule has 1 fully saturated rings. The fourth-order valence-corrected chi connectivity index (χ4v) is 5.03. The first-order valence-electron chi connectivity index (χ1n) is 12.1. The topological polar surface area (TPSA) is 53.7 Å². The predicted octanol–water partition coefficient (Wildman–Crippen LogP) is 4.74. The number of benzene rings is 2. The van der Waals surface area contributed by atoms with Gasteiger partial charge in [-0.2, -0.15) is 5.10 Å². The number of amides is 1. The van der Waals surface area contributed by atoms with E-state index in [1.807, 2.05) is 41.5 Å². The number of hydrogen-bond acceptors (Lipinski definition) is 4. The number of aromatic nitrogens is 3. The van der Waals surface area contributed by atoms with Crippen LogP contribution in [0.4, 0.5) is 10.1 Å². The van der Waals surface area contributed by atoms with Gasteiger partial charge in [0.2, 0.25) is 5.91 Å². The first-order chi connectivity index (χ1) is 16.9. The molecule has 7 heteroatoms. The fraction of sp³-hybridized carbons (Fsp3) is 0.321. The third kappa shape index (κ3) is 4.50. The van der Waals surface area contributed by atoms with E-state index in [1.54, 1.807) is 12.1 Å². The smallest absolute Gasteiger partial charge is 0.223 e. The maximum Gasteiger partial charge on any atom is 0.223 e. The zero-order valence-electron chi connectivity index (χ0n) is 20.5. The summed E-state index contributed by atoms with van der Waals surface area (Å²) < 4.78 is 15.1. The van der Waals surface area contributed by atoms with Crippen LogP contribution in [0, 0.1) is 26.6 Å². The molecule has 180 valence electrons. The molecule has 0 atom stereocenters. The number of nitrogens with zero attached hydrogens (tertiary/aromatic N) is 5. The number of carbonyl (C=O) groups is 1. The van der Waals surface area contributed by atoms with E-state index in [9.17, 15) is 9.18 Å². The Kier molecular flexibility index (Phi) is 6.24. The van der Waals surface area contributed by atoms with Crippen LogP contribution >= 0.6 is 0 Å². The van der Waals surface area contributed by atoms with Crippen molar-refractivity contribution in [2.75, 3.05) is 31.1 Å². The van der Waals surface area contributed by atoms with Gasteiger partial charge in [0.1, 0.15) is 5.82 Å². The molecule has 4 aromatic rings. The summed E-state index contributed by atoms with van der Waals surface area (Å²) in [5.74, 6) is -0.0772. The lowest BCUT2D eigenvalue weighted by Crippen LogP contribution is -2.48. The summed E-state index contributed by atoms with van der Waals surface area (Å²) in [4.78, 5) is 22.0. The Hall–Kier alpha value is -3.74. The summed E-state index contributed by atoms with van der Waals surface area (Å²) in [6, 6.07) is 16.8. The van der Waals surface area contributed by atoms with Gasteiger partial charge in [-0.05, 0) is 62.6 Å². The highest BCUT2D eigenvalue weighted by atomic mass is 19.1. The Morgan fingerprint density at radius 2 is 1.60 bits per heavy atom. The van der Waals surface area contributed by atoms with Gasteiger partial charge in [-0.3, -0.25) is 4.79 Å². The highest BCUT2D eigenvalue weighted by Crippen LogP contribution is 2.29. The van der Waals surface area contributed by atoms with Crippen LogP contribution in [0.1, 0.15) is 29.1 Å². The van der Waals surface area contributed by atoms with E-state index >= 15 is 0 Å². The molecule has 0 bridgehead atoms. The van der Waals surface area contributed by atoms with Crippen LogP contribution in [-0.2, 0) is 11.2 Å². The van der Waals surface area contributed by atoms with Gasteiger partial charge in [0.25, 0.3) is 0 Å². The Labute approximate surface area is 205 Å². The van der Waals surface area contributed by atoms with Crippen molar-refractivity contribution in [3.05, 3.63) is 83.1 Å². The number of halogens is 1. The van der Waals surface area contributed by atoms with Crippen molar-refractivity contribution >= 4 is 17.2 Å². The maximum atomic E-state index is 13.2. The van der Waals surface area contributed by atoms with Crippen molar-refractivity contribution in [1.82, 2.24) is 19.5 Å². The van der Waals surface area contributed by atoms with E-state index in [0.29, 0.717) is 25.9 Å². The highest BCUT2D eigenvalue weighted by molar-refractivity contribution is 5.80. The summed E-state index contributed by atoms with van der Waals surface area (Å²) in [7, 11) is 0. The number of hydrogen-bond donors (Lipinski definition) is 0. The molecule has 1 aliphatic rings. The molecule has 0 aliphatic carbocycles. The van der Waals surface area contributed by atoms with Gasteiger partial charge in [-0.15, -0.1) is 0 Å². The molecular weight excluding hydrogens is 441 g/mol. The van der Waals surface area contributed by atoms with E-state index in [0.717, 1.165) is 58.2 Å². The molecular formula is C28H30FN5O. The zero-order chi connectivity index (χ0) is 24.5. The van der Waals surface area contributed by atoms with Crippen molar-refractivity contribution in [2.24, 2.45) is 0 Å². The Morgan fingerprint density at radius 1 is 0.914 bits per heavy atom. The quantitative estimate of drug-likeness (QED) is 0.422. The summed E-state index contributed by atoms with van der Waals surface area (Å²) in [5, 5.41) is 4.78. The number of carbonyl (C=O) groups excluding carboxylic acids is 1. The SMILES string of the molecule is Cc1nc2c(-c3ccccc3)c(C)nn2c(C)c1CCC(=O)N1CCN(c2ccc(F)cc2)CC1. The van der Waals surface area contributed by atoms with Crippen LogP contribution in [0.3, 0.4) is 0 Å². The third-order valence-electron chi connectivity index (χ3n) is 6.98. The number of anilines is 1. The minimum absolute atomic E-state index is 0.157. The average molecular weight is 472 g/mol. The van der Waals surface area contributed by atoms with Crippen molar-refractivity contribution in [1.29, 1.82) is 0 Å². The molecule has 5 rings (SSSR count). The van der Waals surface area contributed by atoms with Crippen molar-refractivity contribution < 1.29 is 9.18 Å².